The monoisotopic (exact) mass is 414 g/mol. The van der Waals surface area contributed by atoms with Crippen molar-refractivity contribution in [3.63, 3.8) is 0 Å². The number of nitrogens with one attached hydrogen (secondary N) is 1. The molecule has 1 aliphatic rings. The molecule has 0 aliphatic heterocycles. The maximum absolute atomic E-state index is 13.0. The van der Waals surface area contributed by atoms with Crippen LogP contribution in [0.4, 0.5) is 5.69 Å². The van der Waals surface area contributed by atoms with E-state index in [4.69, 9.17) is 0 Å². The second kappa shape index (κ2) is 8.57. The highest BCUT2D eigenvalue weighted by Gasteiger charge is 2.21. The van der Waals surface area contributed by atoms with E-state index in [-0.39, 0.29) is 11.9 Å². The quantitative estimate of drug-likeness (QED) is 0.772. The minimum Gasteiger partial charge on any atom is -0.345 e. The molecule has 6 heteroatoms. The van der Waals surface area contributed by atoms with E-state index < -0.39 is 10.0 Å². The van der Waals surface area contributed by atoms with Crippen LogP contribution < -0.4 is 9.62 Å². The number of hydrogen-bond acceptors (Lipinski definition) is 3. The highest BCUT2D eigenvalue weighted by atomic mass is 32.2. The molecular weight excluding hydrogens is 384 g/mol. The zero-order chi connectivity index (χ0) is 21.2. The maximum atomic E-state index is 13.0. The van der Waals surface area contributed by atoms with Crippen LogP contribution in [0.1, 0.15) is 64.8 Å². The van der Waals surface area contributed by atoms with Gasteiger partial charge in [-0.05, 0) is 73.4 Å². The molecule has 0 radical (unpaired) electrons. The zero-order valence-electron chi connectivity index (χ0n) is 17.7. The second-order valence-corrected chi connectivity index (χ2v) is 9.86. The van der Waals surface area contributed by atoms with Gasteiger partial charge in [0, 0.05) is 12.6 Å². The Morgan fingerprint density at radius 3 is 2.48 bits per heavy atom. The Balaban J connectivity index is 1.85. The molecule has 0 fully saturated rings. The van der Waals surface area contributed by atoms with E-state index in [9.17, 15) is 13.2 Å². The van der Waals surface area contributed by atoms with Gasteiger partial charge in [-0.15, -0.1) is 0 Å². The smallest absolute Gasteiger partial charge is 0.252 e. The minimum absolute atomic E-state index is 0.0783. The number of nitrogens with zero attached hydrogens (tertiary/aromatic N) is 1. The molecule has 0 bridgehead atoms. The van der Waals surface area contributed by atoms with Crippen LogP contribution in [0.2, 0.25) is 0 Å². The van der Waals surface area contributed by atoms with Gasteiger partial charge in [0.25, 0.3) is 5.91 Å². The molecule has 29 heavy (non-hydrogen) atoms. The molecule has 0 saturated carbocycles. The first-order valence-corrected chi connectivity index (χ1v) is 12.0. The van der Waals surface area contributed by atoms with Crippen LogP contribution in [-0.4, -0.2) is 27.6 Å². The summed E-state index contributed by atoms with van der Waals surface area (Å²) < 4.78 is 25.0. The number of carbonyl (C=O) groups is 1. The topological polar surface area (TPSA) is 66.5 Å². The SMILES string of the molecule is CC[C@H](NC(=O)c1cccc(N(C)S(C)(=O)=O)c1C)c1ccc2c(c1)CCCC2. The molecule has 1 aliphatic carbocycles. The molecular formula is C23H30N2O3S. The summed E-state index contributed by atoms with van der Waals surface area (Å²) >= 11 is 0. The Kier molecular flexibility index (Phi) is 6.32. The molecule has 0 spiro atoms. The zero-order valence-corrected chi connectivity index (χ0v) is 18.5. The molecule has 5 nitrogen and oxygen atoms in total. The van der Waals surface area contributed by atoms with E-state index in [1.54, 1.807) is 25.1 Å². The molecule has 2 aromatic rings. The summed E-state index contributed by atoms with van der Waals surface area (Å²) in [5.74, 6) is -0.184. The lowest BCUT2D eigenvalue weighted by molar-refractivity contribution is 0.0935. The summed E-state index contributed by atoms with van der Waals surface area (Å²) in [4.78, 5) is 13.0. The van der Waals surface area contributed by atoms with Crippen molar-refractivity contribution in [2.45, 2.75) is 52.0 Å². The summed E-state index contributed by atoms with van der Waals surface area (Å²) in [5, 5.41) is 3.14. The molecule has 0 saturated heterocycles. The number of anilines is 1. The van der Waals surface area contributed by atoms with Crippen molar-refractivity contribution >= 4 is 21.6 Å². The van der Waals surface area contributed by atoms with Gasteiger partial charge in [-0.2, -0.15) is 0 Å². The molecule has 1 N–H and O–H groups in total. The van der Waals surface area contributed by atoms with Crippen molar-refractivity contribution in [1.29, 1.82) is 0 Å². The van der Waals surface area contributed by atoms with Crippen molar-refractivity contribution in [3.8, 4) is 0 Å². The Morgan fingerprint density at radius 1 is 1.14 bits per heavy atom. The van der Waals surface area contributed by atoms with Crippen LogP contribution in [0.5, 0.6) is 0 Å². The average Bonchev–Trinajstić information content (AvgIpc) is 2.70. The lowest BCUT2D eigenvalue weighted by Crippen LogP contribution is -2.30. The maximum Gasteiger partial charge on any atom is 0.252 e. The van der Waals surface area contributed by atoms with Crippen LogP contribution in [0, 0.1) is 6.92 Å². The molecule has 156 valence electrons. The normalized spacial score (nSPS) is 14.8. The lowest BCUT2D eigenvalue weighted by Gasteiger charge is -2.23. The third kappa shape index (κ3) is 4.64. The Morgan fingerprint density at radius 2 is 1.83 bits per heavy atom. The van der Waals surface area contributed by atoms with E-state index in [0.717, 1.165) is 31.1 Å². The third-order valence-electron chi connectivity index (χ3n) is 5.88. The van der Waals surface area contributed by atoms with Crippen molar-refractivity contribution in [1.82, 2.24) is 5.32 Å². The van der Waals surface area contributed by atoms with Gasteiger partial charge in [0.1, 0.15) is 0 Å². The summed E-state index contributed by atoms with van der Waals surface area (Å²) in [6.07, 6.45) is 6.65. The van der Waals surface area contributed by atoms with Gasteiger partial charge in [0.2, 0.25) is 10.0 Å². The number of sulfonamides is 1. The number of rotatable bonds is 6. The van der Waals surface area contributed by atoms with E-state index in [0.29, 0.717) is 16.8 Å². The number of fused-ring (bicyclic) bond motifs is 1. The number of carbonyl (C=O) groups excluding carboxylic acids is 1. The standard InChI is InChI=1S/C23H30N2O3S/c1-5-21(19-14-13-17-9-6-7-10-18(17)15-19)24-23(26)20-11-8-12-22(16(20)2)25(3)29(4,27)28/h8,11-15,21H,5-7,9-10H2,1-4H3,(H,24,26)/t21-/m0/s1. The molecule has 1 atom stereocenters. The van der Waals surface area contributed by atoms with Gasteiger partial charge < -0.3 is 5.32 Å². The largest absolute Gasteiger partial charge is 0.345 e. The fourth-order valence-corrected chi connectivity index (χ4v) is 4.57. The summed E-state index contributed by atoms with van der Waals surface area (Å²) in [7, 11) is -1.90. The fourth-order valence-electron chi connectivity index (χ4n) is 4.02. The van der Waals surface area contributed by atoms with Crippen LogP contribution in [-0.2, 0) is 22.9 Å². The van der Waals surface area contributed by atoms with Gasteiger partial charge >= 0.3 is 0 Å². The van der Waals surface area contributed by atoms with Crippen LogP contribution in [0.15, 0.2) is 36.4 Å². The van der Waals surface area contributed by atoms with E-state index in [2.05, 4.69) is 30.4 Å². The Labute approximate surface area is 174 Å². The summed E-state index contributed by atoms with van der Waals surface area (Å²) in [6.45, 7) is 3.84. The molecule has 0 aromatic heterocycles. The molecule has 1 amide bonds. The lowest BCUT2D eigenvalue weighted by atomic mass is 9.88. The number of hydrogen-bond donors (Lipinski definition) is 1. The predicted molar refractivity (Wildman–Crippen MR) is 118 cm³/mol. The van der Waals surface area contributed by atoms with Crippen LogP contribution in [0.25, 0.3) is 0 Å². The summed E-state index contributed by atoms with van der Waals surface area (Å²) in [5.41, 5.74) is 5.61. The van der Waals surface area contributed by atoms with E-state index >= 15 is 0 Å². The van der Waals surface area contributed by atoms with Crippen molar-refractivity contribution in [2.75, 3.05) is 17.6 Å². The van der Waals surface area contributed by atoms with Crippen LogP contribution in [0.3, 0.4) is 0 Å². The average molecular weight is 415 g/mol. The molecule has 2 aromatic carbocycles. The Hall–Kier alpha value is -2.34. The first-order valence-electron chi connectivity index (χ1n) is 10.2. The molecule has 0 unspecified atom stereocenters. The van der Waals surface area contributed by atoms with Crippen LogP contribution >= 0.6 is 0 Å². The van der Waals surface area contributed by atoms with E-state index in [1.165, 1.54) is 35.3 Å². The molecule has 0 heterocycles. The van der Waals surface area contributed by atoms with Gasteiger partial charge in [0.05, 0.1) is 18.0 Å². The highest BCUT2D eigenvalue weighted by Crippen LogP contribution is 2.28. The van der Waals surface area contributed by atoms with Gasteiger partial charge in [0.15, 0.2) is 0 Å². The Bertz CT molecular complexity index is 1010. The minimum atomic E-state index is -3.40. The number of benzene rings is 2. The van der Waals surface area contributed by atoms with Gasteiger partial charge in [-0.25, -0.2) is 8.42 Å². The first-order chi connectivity index (χ1) is 13.7. The van der Waals surface area contributed by atoms with E-state index in [1.807, 2.05) is 0 Å². The van der Waals surface area contributed by atoms with Gasteiger partial charge in [-0.1, -0.05) is 31.2 Å². The number of amides is 1. The second-order valence-electron chi connectivity index (χ2n) is 7.85. The summed E-state index contributed by atoms with van der Waals surface area (Å²) in [6, 6.07) is 11.7. The van der Waals surface area contributed by atoms with Gasteiger partial charge in [-0.3, -0.25) is 9.10 Å². The third-order valence-corrected chi connectivity index (χ3v) is 7.07. The fraction of sp³-hybridized carbons (Fsp3) is 0.435. The number of aryl methyl sites for hydroxylation is 2. The predicted octanol–water partition coefficient (Wildman–Crippen LogP) is 4.15. The van der Waals surface area contributed by atoms with Crippen molar-refractivity contribution < 1.29 is 13.2 Å². The van der Waals surface area contributed by atoms with Crippen molar-refractivity contribution in [3.05, 3.63) is 64.2 Å². The van der Waals surface area contributed by atoms with Crippen molar-refractivity contribution in [2.24, 2.45) is 0 Å². The molecule has 3 rings (SSSR count). The highest BCUT2D eigenvalue weighted by molar-refractivity contribution is 7.92. The first kappa shape index (κ1) is 21.4.